The highest BCUT2D eigenvalue weighted by Crippen LogP contribution is 2.36. The van der Waals surface area contributed by atoms with Crippen LogP contribution in [0.15, 0.2) is 55.9 Å². The molecule has 0 aliphatic rings. The summed E-state index contributed by atoms with van der Waals surface area (Å²) >= 11 is 0. The molecule has 0 aromatic carbocycles. The summed E-state index contributed by atoms with van der Waals surface area (Å²) in [7, 11) is 0. The summed E-state index contributed by atoms with van der Waals surface area (Å²) in [6.07, 6.45) is 92.0. The smallest absolute Gasteiger partial charge is 0.296 e. The first-order valence-electron chi connectivity index (χ1n) is 52.6. The highest BCUT2D eigenvalue weighted by Gasteiger charge is 2.33. The van der Waals surface area contributed by atoms with Gasteiger partial charge in [0.1, 0.15) is 0 Å². The molecule has 0 radical (unpaired) electrons. The standard InChI is InChI=1S/C19H36N2O2.C18H34N2O2.2C17H32N2O2.C16H30N2O2.C15H28N2O2/c1-4-7-8-9-10-11-12-13-14-15-16-19(5-2,6-3)17-20-18(22)23-21-17;1-4-6-7-8-9-10-11-12-13-14-15-18(3,5-2)16-19-17(21)22-20-16;1-4-5-6-7-8-9-10-11-12-13-14-17(2,3)15-18-16(20)21-19-15;1-3-5-6-7-8-9-10-11-12-13-14-15(4-2)16-18-17(20)21-19-16;1-3-4-5-6-7-8-9-10-11-12-13-14(2)15-17-16(19)20-18-15;1-2-3-4-5-6-7-8-9-10-11-12-13-14-16-15(18)19-17-14/h4-16H2,1-3H3,(H,20,21,22);4-15H2,1-3H3,(H,19,20,21);4-14H2,1-3H3,(H,18,19,20);15H,3-14H2,1-2H3,(H,18,19,20);14H,3-13H2,1-2H3,(H,17,18,19);2-13H2,1H3,(H,16,17,18). The maximum absolute atomic E-state index is 11.2. The van der Waals surface area contributed by atoms with E-state index in [1.165, 1.54) is 385 Å². The van der Waals surface area contributed by atoms with Gasteiger partial charge in [-0.3, -0.25) is 57.0 Å². The molecule has 6 rings (SSSR count). The van der Waals surface area contributed by atoms with E-state index >= 15 is 0 Å². The molecular weight excluding hydrogens is 1590 g/mol. The van der Waals surface area contributed by atoms with Gasteiger partial charge in [0.25, 0.3) is 0 Å². The third-order valence-electron chi connectivity index (χ3n) is 26.1. The predicted octanol–water partition coefficient (Wildman–Crippen LogP) is 30.2. The fraction of sp³-hybridized carbons (Fsp3) is 0.882. The number of aromatic nitrogens is 12. The number of rotatable bonds is 76. The first-order chi connectivity index (χ1) is 61.2. The summed E-state index contributed by atoms with van der Waals surface area (Å²) in [5, 5.41) is 22.8. The molecule has 24 heteroatoms. The molecule has 0 saturated carbocycles. The van der Waals surface area contributed by atoms with Gasteiger partial charge in [0.05, 0.1) is 0 Å². The topological polar surface area (TPSA) is 353 Å². The molecule has 3 atom stereocenters. The highest BCUT2D eigenvalue weighted by atomic mass is 16.5. The molecule has 6 aromatic heterocycles. The van der Waals surface area contributed by atoms with Crippen molar-refractivity contribution in [2.45, 2.75) is 581 Å². The lowest BCUT2D eigenvalue weighted by atomic mass is 9.77. The highest BCUT2D eigenvalue weighted by molar-refractivity contribution is 5.05. The lowest BCUT2D eigenvalue weighted by Crippen LogP contribution is -2.26. The van der Waals surface area contributed by atoms with Crippen LogP contribution in [0.25, 0.3) is 0 Å². The third kappa shape index (κ3) is 62.0. The van der Waals surface area contributed by atoms with Gasteiger partial charge in [-0.1, -0.05) is 513 Å². The van der Waals surface area contributed by atoms with Gasteiger partial charge < -0.3 is 0 Å². The van der Waals surface area contributed by atoms with Crippen LogP contribution in [0.2, 0.25) is 0 Å². The molecule has 0 bridgehead atoms. The van der Waals surface area contributed by atoms with Gasteiger partial charge in [-0.15, -0.1) is 0 Å². The van der Waals surface area contributed by atoms with E-state index in [4.69, 9.17) is 4.52 Å². The van der Waals surface area contributed by atoms with Crippen molar-refractivity contribution in [2.24, 2.45) is 0 Å². The lowest BCUT2D eigenvalue weighted by Gasteiger charge is -2.28. The Kier molecular flexibility index (Phi) is 75.3. The predicted molar refractivity (Wildman–Crippen MR) is 520 cm³/mol. The van der Waals surface area contributed by atoms with E-state index in [9.17, 15) is 28.8 Å². The summed E-state index contributed by atoms with van der Waals surface area (Å²) in [5.41, 5.74) is -0.190. The monoisotopic (exact) mass is 1780 g/mol. The van der Waals surface area contributed by atoms with Crippen molar-refractivity contribution in [3.63, 3.8) is 0 Å². The molecule has 126 heavy (non-hydrogen) atoms. The Morgan fingerprint density at radius 2 is 0.524 bits per heavy atom. The first kappa shape index (κ1) is 118. The Morgan fingerprint density at radius 1 is 0.254 bits per heavy atom. The second kappa shape index (κ2) is 80.7. The van der Waals surface area contributed by atoms with Gasteiger partial charge in [-0.05, 0) is 64.2 Å². The van der Waals surface area contributed by atoms with Crippen LogP contribution in [0, 0.1) is 0 Å². The van der Waals surface area contributed by atoms with Gasteiger partial charge in [-0.2, -0.15) is 0 Å². The number of unbranched alkanes of at least 4 members (excludes halogenated alkanes) is 55. The minimum Gasteiger partial charge on any atom is -0.296 e. The van der Waals surface area contributed by atoms with Gasteiger partial charge in [0.2, 0.25) is 0 Å². The van der Waals surface area contributed by atoms with Crippen LogP contribution in [0.4, 0.5) is 0 Å². The van der Waals surface area contributed by atoms with Crippen LogP contribution in [-0.4, -0.2) is 60.8 Å². The van der Waals surface area contributed by atoms with Crippen molar-refractivity contribution in [3.05, 3.63) is 98.3 Å². The number of nitrogens with one attached hydrogen (secondary N) is 6. The molecule has 6 aromatic rings. The Hall–Kier alpha value is -6.36. The average Bonchev–Trinajstić information content (AvgIpc) is 1.65. The number of nitrogens with zero attached hydrogens (tertiary/aromatic N) is 6. The number of H-pyrrole nitrogens is 6. The second-order valence-electron chi connectivity index (χ2n) is 37.6. The summed E-state index contributed by atoms with van der Waals surface area (Å²) < 4.78 is 27.5. The summed E-state index contributed by atoms with van der Waals surface area (Å²) in [6, 6.07) is 0. The Balaban J connectivity index is 0.000000757. The van der Waals surface area contributed by atoms with Crippen molar-refractivity contribution in [2.75, 3.05) is 0 Å². The summed E-state index contributed by atoms with van der Waals surface area (Å²) in [6.45, 7) is 30.6. The molecule has 0 saturated heterocycles. The zero-order valence-corrected chi connectivity index (χ0v) is 83.4. The molecule has 3 unspecified atom stereocenters. The summed E-state index contributed by atoms with van der Waals surface area (Å²) in [4.78, 5) is 81.9. The Labute approximate surface area is 763 Å². The fourth-order valence-corrected chi connectivity index (χ4v) is 16.8. The zero-order chi connectivity index (χ0) is 92.5. The minimum absolute atomic E-state index is 0.0215. The molecule has 0 spiro atoms. The van der Waals surface area contributed by atoms with Crippen LogP contribution in [-0.2, 0) is 22.7 Å². The molecule has 732 valence electrons. The van der Waals surface area contributed by atoms with Gasteiger partial charge in [-0.25, -0.2) is 28.8 Å². The second-order valence-corrected chi connectivity index (χ2v) is 37.6. The van der Waals surface area contributed by atoms with Crippen molar-refractivity contribution >= 4 is 0 Å². The largest absolute Gasteiger partial charge is 0.438 e. The molecule has 6 N–H and O–H groups in total. The van der Waals surface area contributed by atoms with E-state index in [1.807, 2.05) is 0 Å². The normalized spacial score (nSPS) is 12.4. The minimum atomic E-state index is -0.457. The van der Waals surface area contributed by atoms with Crippen LogP contribution < -0.4 is 34.5 Å². The number of aryl methyl sites for hydroxylation is 1. The Bertz CT molecular complexity index is 3650. The molecule has 24 nitrogen and oxygen atoms in total. The van der Waals surface area contributed by atoms with E-state index in [-0.39, 0.29) is 22.2 Å². The summed E-state index contributed by atoms with van der Waals surface area (Å²) in [5.74, 6) is 2.15. The maximum Gasteiger partial charge on any atom is 0.438 e. The third-order valence-corrected chi connectivity index (χ3v) is 26.1. The van der Waals surface area contributed by atoms with Gasteiger partial charge >= 0.3 is 34.5 Å². The molecule has 0 amide bonds. The van der Waals surface area contributed by atoms with E-state index < -0.39 is 34.5 Å². The molecule has 0 aliphatic heterocycles. The number of hydrogen-bond donors (Lipinski definition) is 6. The molecular formula is C102H192N12O12. The van der Waals surface area contributed by atoms with E-state index in [0.717, 1.165) is 82.3 Å². The molecule has 0 aliphatic carbocycles. The average molecular weight is 1780 g/mol. The lowest BCUT2D eigenvalue weighted by molar-refractivity contribution is 0.305. The van der Waals surface area contributed by atoms with Gasteiger partial charge in [0, 0.05) is 34.5 Å². The van der Waals surface area contributed by atoms with Gasteiger partial charge in [0.15, 0.2) is 34.9 Å². The van der Waals surface area contributed by atoms with Crippen molar-refractivity contribution in [1.82, 2.24) is 60.8 Å². The van der Waals surface area contributed by atoms with Crippen molar-refractivity contribution in [3.8, 4) is 0 Å². The first-order valence-corrected chi connectivity index (χ1v) is 52.6. The maximum atomic E-state index is 11.2. The van der Waals surface area contributed by atoms with E-state index in [1.54, 1.807) is 0 Å². The SMILES string of the molecule is CCCCCCCCCCCCC(C)(C)c1noc(=O)[nH]1.CCCCCCCCCCCCC(C)(CC)c1noc(=O)[nH]1.CCCCCCCCCCCCC(C)c1noc(=O)[nH]1.CCCCCCCCCCCCC(CC)(CC)c1noc(=O)[nH]1.CCCCCCCCCCCCC(CC)c1noc(=O)[nH]1.CCCCCCCCCCCCCc1noc(=O)[nH]1. The fourth-order valence-electron chi connectivity index (χ4n) is 16.8. The number of hydrogen-bond acceptors (Lipinski definition) is 18. The number of aromatic amines is 6. The van der Waals surface area contributed by atoms with Crippen molar-refractivity contribution in [1.29, 1.82) is 0 Å². The zero-order valence-electron chi connectivity index (χ0n) is 83.4. The molecule has 6 heterocycles. The van der Waals surface area contributed by atoms with E-state index in [0.29, 0.717) is 29.2 Å². The van der Waals surface area contributed by atoms with Crippen LogP contribution in [0.5, 0.6) is 0 Å². The molecule has 0 fully saturated rings. The van der Waals surface area contributed by atoms with Crippen LogP contribution in [0.1, 0.15) is 593 Å². The van der Waals surface area contributed by atoms with Crippen molar-refractivity contribution < 1.29 is 27.1 Å². The van der Waals surface area contributed by atoms with Crippen LogP contribution in [0.3, 0.4) is 0 Å². The van der Waals surface area contributed by atoms with Crippen LogP contribution >= 0.6 is 0 Å². The quantitative estimate of drug-likeness (QED) is 0.0193. The Morgan fingerprint density at radius 3 is 0.825 bits per heavy atom. The van der Waals surface area contributed by atoms with E-state index in [2.05, 4.69) is 180 Å².